The Morgan fingerprint density at radius 3 is 2.36 bits per heavy atom. The maximum absolute atomic E-state index is 12.7. The molecule has 0 aliphatic rings. The van der Waals surface area contributed by atoms with Crippen molar-refractivity contribution in [2.45, 2.75) is 0 Å². The van der Waals surface area contributed by atoms with Crippen LogP contribution in [0.4, 0.5) is 16.2 Å². The maximum atomic E-state index is 12.7. The lowest BCUT2D eigenvalue weighted by atomic mass is 10.1. The number of para-hydroxylation sites is 3. The number of nitrogen functional groups attached to an aromatic ring is 1. The molecule has 0 bridgehead atoms. The summed E-state index contributed by atoms with van der Waals surface area (Å²) >= 11 is 0. The molecule has 2 rings (SSSR count). The summed E-state index contributed by atoms with van der Waals surface area (Å²) in [5.41, 5.74) is 14.1. The fraction of sp³-hybridized carbons (Fsp3) is 0.0667. The Labute approximate surface area is 127 Å². The molecule has 0 saturated heterocycles. The van der Waals surface area contributed by atoms with Crippen molar-refractivity contribution in [2.24, 2.45) is 5.73 Å². The molecule has 7 heteroatoms. The zero-order valence-corrected chi connectivity index (χ0v) is 11.9. The van der Waals surface area contributed by atoms with Crippen molar-refractivity contribution < 1.29 is 14.3 Å². The van der Waals surface area contributed by atoms with Crippen LogP contribution in [0.1, 0.15) is 10.4 Å². The molecule has 0 aliphatic carbocycles. The largest absolute Gasteiger partial charge is 0.494 e. The zero-order chi connectivity index (χ0) is 16.1. The van der Waals surface area contributed by atoms with Crippen molar-refractivity contribution >= 4 is 23.3 Å². The van der Waals surface area contributed by atoms with Gasteiger partial charge in [0.1, 0.15) is 11.4 Å². The van der Waals surface area contributed by atoms with Crippen molar-refractivity contribution in [3.63, 3.8) is 0 Å². The van der Waals surface area contributed by atoms with Gasteiger partial charge in [-0.3, -0.25) is 4.79 Å². The van der Waals surface area contributed by atoms with E-state index < -0.39 is 11.9 Å². The van der Waals surface area contributed by atoms with Crippen molar-refractivity contribution in [1.82, 2.24) is 5.43 Å². The number of benzene rings is 2. The summed E-state index contributed by atoms with van der Waals surface area (Å²) in [7, 11) is 1.46. The highest BCUT2D eigenvalue weighted by Crippen LogP contribution is 2.28. The number of hydrogen-bond acceptors (Lipinski definition) is 4. The first-order valence-electron chi connectivity index (χ1n) is 6.42. The van der Waals surface area contributed by atoms with E-state index in [9.17, 15) is 9.59 Å². The Morgan fingerprint density at radius 1 is 1.09 bits per heavy atom. The first-order valence-corrected chi connectivity index (χ1v) is 6.42. The lowest BCUT2D eigenvalue weighted by molar-refractivity contribution is 0.0976. The number of hydrogen-bond donors (Lipinski definition) is 3. The highest BCUT2D eigenvalue weighted by molar-refractivity contribution is 6.10. The Morgan fingerprint density at radius 2 is 1.73 bits per heavy atom. The van der Waals surface area contributed by atoms with Crippen molar-refractivity contribution in [3.8, 4) is 5.75 Å². The molecule has 0 fully saturated rings. The van der Waals surface area contributed by atoms with Gasteiger partial charge in [0.25, 0.3) is 5.91 Å². The number of nitrogens with two attached hydrogens (primary N) is 2. The van der Waals surface area contributed by atoms with Gasteiger partial charge in [-0.1, -0.05) is 24.3 Å². The molecular weight excluding hydrogens is 284 g/mol. The van der Waals surface area contributed by atoms with Gasteiger partial charge in [0, 0.05) is 5.69 Å². The van der Waals surface area contributed by atoms with Crippen LogP contribution in [0, 0.1) is 0 Å². The molecule has 114 valence electrons. The molecule has 2 aromatic carbocycles. The average molecular weight is 300 g/mol. The molecular formula is C15H16N4O3. The second-order valence-electron chi connectivity index (χ2n) is 4.38. The summed E-state index contributed by atoms with van der Waals surface area (Å²) in [6.45, 7) is 0. The number of nitrogens with one attached hydrogen (secondary N) is 1. The van der Waals surface area contributed by atoms with E-state index in [1.807, 2.05) is 0 Å². The van der Waals surface area contributed by atoms with E-state index >= 15 is 0 Å². The molecule has 0 aromatic heterocycles. The predicted octanol–water partition coefficient (Wildman–Crippen LogP) is 1.51. The molecule has 3 amide bonds. The van der Waals surface area contributed by atoms with E-state index in [0.717, 1.165) is 5.01 Å². The van der Waals surface area contributed by atoms with Crippen LogP contribution in [0.2, 0.25) is 0 Å². The van der Waals surface area contributed by atoms with Crippen LogP contribution in [0.25, 0.3) is 0 Å². The highest BCUT2D eigenvalue weighted by Gasteiger charge is 2.23. The van der Waals surface area contributed by atoms with Gasteiger partial charge in [-0.25, -0.2) is 15.2 Å². The monoisotopic (exact) mass is 300 g/mol. The van der Waals surface area contributed by atoms with Gasteiger partial charge in [0.15, 0.2) is 0 Å². The third-order valence-corrected chi connectivity index (χ3v) is 2.94. The molecule has 0 unspecified atom stereocenters. The minimum Gasteiger partial charge on any atom is -0.494 e. The smallest absolute Gasteiger partial charge is 0.331 e. The number of methoxy groups -OCH3 is 1. The molecule has 0 atom stereocenters. The third-order valence-electron chi connectivity index (χ3n) is 2.94. The van der Waals surface area contributed by atoms with Gasteiger partial charge in [0.05, 0.1) is 12.7 Å². The van der Waals surface area contributed by atoms with Crippen LogP contribution < -0.4 is 26.6 Å². The topological polar surface area (TPSA) is 111 Å². The van der Waals surface area contributed by atoms with Crippen LogP contribution in [0.15, 0.2) is 48.5 Å². The summed E-state index contributed by atoms with van der Waals surface area (Å²) < 4.78 is 5.21. The van der Waals surface area contributed by atoms with Gasteiger partial charge in [-0.05, 0) is 24.3 Å². The van der Waals surface area contributed by atoms with Gasteiger partial charge in [-0.2, -0.15) is 0 Å². The maximum Gasteiger partial charge on any atom is 0.331 e. The van der Waals surface area contributed by atoms with Crippen LogP contribution >= 0.6 is 0 Å². The van der Waals surface area contributed by atoms with E-state index in [2.05, 4.69) is 5.43 Å². The van der Waals surface area contributed by atoms with Crippen molar-refractivity contribution in [1.29, 1.82) is 0 Å². The molecule has 7 nitrogen and oxygen atoms in total. The fourth-order valence-corrected chi connectivity index (χ4v) is 1.96. The molecule has 0 spiro atoms. The van der Waals surface area contributed by atoms with E-state index in [1.54, 1.807) is 48.5 Å². The van der Waals surface area contributed by atoms with Crippen LogP contribution in [-0.4, -0.2) is 19.0 Å². The standard InChI is InChI=1S/C15H16N4O3/c1-22-13-9-5-4-8-12(13)19(18-15(17)21)14(20)10-6-2-3-7-11(10)16/h2-9H,16H2,1H3,(H3,17,18,21). The summed E-state index contributed by atoms with van der Waals surface area (Å²) in [4.78, 5) is 23.9. The van der Waals surface area contributed by atoms with E-state index in [0.29, 0.717) is 17.1 Å². The SMILES string of the molecule is COc1ccccc1N(NC(N)=O)C(=O)c1ccccc1N. The predicted molar refractivity (Wildman–Crippen MR) is 83.4 cm³/mol. The fourth-order valence-electron chi connectivity index (χ4n) is 1.96. The summed E-state index contributed by atoms with van der Waals surface area (Å²) in [5, 5.41) is 1.01. The van der Waals surface area contributed by atoms with Gasteiger partial charge in [0.2, 0.25) is 0 Å². The number of amides is 3. The van der Waals surface area contributed by atoms with Crippen molar-refractivity contribution in [3.05, 3.63) is 54.1 Å². The summed E-state index contributed by atoms with van der Waals surface area (Å²) in [6, 6.07) is 12.4. The van der Waals surface area contributed by atoms with Crippen LogP contribution in [0.3, 0.4) is 0 Å². The number of carbonyl (C=O) groups excluding carboxylic acids is 2. The van der Waals surface area contributed by atoms with E-state index in [1.165, 1.54) is 7.11 Å². The molecule has 22 heavy (non-hydrogen) atoms. The molecule has 5 N–H and O–H groups in total. The Bertz CT molecular complexity index is 703. The summed E-state index contributed by atoms with van der Waals surface area (Å²) in [6.07, 6.45) is 0. The first kappa shape index (κ1) is 15.2. The molecule has 0 aliphatic heterocycles. The molecule has 0 saturated carbocycles. The average Bonchev–Trinajstić information content (AvgIpc) is 2.52. The molecule has 0 heterocycles. The second-order valence-corrected chi connectivity index (χ2v) is 4.38. The minimum absolute atomic E-state index is 0.238. The van der Waals surface area contributed by atoms with Gasteiger partial charge < -0.3 is 16.2 Å². The normalized spacial score (nSPS) is 9.86. The van der Waals surface area contributed by atoms with E-state index in [4.69, 9.17) is 16.2 Å². The molecule has 2 aromatic rings. The zero-order valence-electron chi connectivity index (χ0n) is 11.9. The lowest BCUT2D eigenvalue weighted by Gasteiger charge is -2.24. The Balaban J connectivity index is 2.49. The number of nitrogens with zero attached hydrogens (tertiary/aromatic N) is 1. The van der Waals surface area contributed by atoms with Crippen LogP contribution in [-0.2, 0) is 0 Å². The minimum atomic E-state index is -0.881. The van der Waals surface area contributed by atoms with Crippen molar-refractivity contribution in [2.75, 3.05) is 17.9 Å². The number of urea groups is 1. The highest BCUT2D eigenvalue weighted by atomic mass is 16.5. The number of primary amides is 1. The van der Waals surface area contributed by atoms with Gasteiger partial charge >= 0.3 is 6.03 Å². The third kappa shape index (κ3) is 3.09. The van der Waals surface area contributed by atoms with E-state index in [-0.39, 0.29) is 5.56 Å². The number of hydrazine groups is 1. The second kappa shape index (κ2) is 6.49. The number of anilines is 2. The first-order chi connectivity index (χ1) is 10.5. The Hall–Kier alpha value is -3.22. The van der Waals surface area contributed by atoms with Gasteiger partial charge in [-0.15, -0.1) is 0 Å². The quantitative estimate of drug-likeness (QED) is 0.589. The number of carbonyl (C=O) groups is 2. The number of rotatable bonds is 3. The summed E-state index contributed by atoms with van der Waals surface area (Å²) in [5.74, 6) is -0.125. The Kier molecular flexibility index (Phi) is 4.47. The number of ether oxygens (including phenoxy) is 1. The molecule has 0 radical (unpaired) electrons. The van der Waals surface area contributed by atoms with Crippen LogP contribution in [0.5, 0.6) is 5.75 Å². The lowest BCUT2D eigenvalue weighted by Crippen LogP contribution is -2.49.